The van der Waals surface area contributed by atoms with Gasteiger partial charge in [-0.3, -0.25) is 9.69 Å². The number of fused-ring (bicyclic) bond motifs is 2. The summed E-state index contributed by atoms with van der Waals surface area (Å²) in [5.41, 5.74) is 1.48. The van der Waals surface area contributed by atoms with Crippen molar-refractivity contribution in [3.05, 3.63) is 53.1 Å². The van der Waals surface area contributed by atoms with E-state index < -0.39 is 11.6 Å². The standard InChI is InChI=1S/C20H22F2N4O/c1-11-9-23-19(24-11)20(27)26-10-16(13-6-14(21)8-15(22)7-13)18-17(26)12-2-4-25(18)5-3-12/h6-9,12,16-18H,2-5,10H2,1H3,(H,23,24). The van der Waals surface area contributed by atoms with Gasteiger partial charge in [0, 0.05) is 36.5 Å². The Morgan fingerprint density at radius 1 is 1.15 bits per heavy atom. The second-order valence-corrected chi connectivity index (χ2v) is 8.04. The Balaban J connectivity index is 1.54. The molecule has 1 amide bonds. The maximum Gasteiger partial charge on any atom is 0.289 e. The van der Waals surface area contributed by atoms with Crippen LogP contribution in [0.25, 0.3) is 0 Å². The summed E-state index contributed by atoms with van der Waals surface area (Å²) in [6.07, 6.45) is 3.77. The van der Waals surface area contributed by atoms with Crippen LogP contribution in [0.3, 0.4) is 0 Å². The molecule has 27 heavy (non-hydrogen) atoms. The lowest BCUT2D eigenvalue weighted by Gasteiger charge is -2.51. The van der Waals surface area contributed by atoms with Crippen LogP contribution in [0.2, 0.25) is 0 Å². The lowest BCUT2D eigenvalue weighted by molar-refractivity contribution is -0.00377. The molecular formula is C20H22F2N4O. The number of rotatable bonds is 2. The molecule has 3 unspecified atom stereocenters. The summed E-state index contributed by atoms with van der Waals surface area (Å²) < 4.78 is 27.7. The third-order valence-corrected chi connectivity index (χ3v) is 6.47. The molecular weight excluding hydrogens is 350 g/mol. The zero-order chi connectivity index (χ0) is 18.7. The van der Waals surface area contributed by atoms with Gasteiger partial charge in [0.25, 0.3) is 5.91 Å². The van der Waals surface area contributed by atoms with Gasteiger partial charge in [0.2, 0.25) is 0 Å². The summed E-state index contributed by atoms with van der Waals surface area (Å²) in [4.78, 5) is 24.7. The number of H-pyrrole nitrogens is 1. The van der Waals surface area contributed by atoms with Crippen LogP contribution in [0.15, 0.2) is 24.4 Å². The molecule has 0 radical (unpaired) electrons. The van der Waals surface area contributed by atoms with Crippen molar-refractivity contribution in [1.29, 1.82) is 0 Å². The fourth-order valence-electron chi connectivity index (χ4n) is 5.39. The van der Waals surface area contributed by atoms with E-state index in [1.165, 1.54) is 12.1 Å². The number of aromatic amines is 1. The van der Waals surface area contributed by atoms with Crippen LogP contribution < -0.4 is 0 Å². The molecule has 4 saturated heterocycles. The molecule has 6 rings (SSSR count). The number of hydrogen-bond donors (Lipinski definition) is 1. The summed E-state index contributed by atoms with van der Waals surface area (Å²) in [7, 11) is 0. The van der Waals surface area contributed by atoms with Crippen molar-refractivity contribution in [2.45, 2.75) is 37.8 Å². The van der Waals surface area contributed by atoms with Crippen LogP contribution in [0.4, 0.5) is 8.78 Å². The van der Waals surface area contributed by atoms with Gasteiger partial charge in [-0.05, 0) is 56.5 Å². The molecule has 1 aromatic heterocycles. The first kappa shape index (κ1) is 16.9. The molecule has 5 nitrogen and oxygen atoms in total. The van der Waals surface area contributed by atoms with Gasteiger partial charge in [-0.1, -0.05) is 0 Å². The third-order valence-electron chi connectivity index (χ3n) is 6.47. The monoisotopic (exact) mass is 372 g/mol. The number of likely N-dealkylation sites (tertiary alicyclic amines) is 1. The Kier molecular flexibility index (Phi) is 3.82. The van der Waals surface area contributed by atoms with Crippen molar-refractivity contribution >= 4 is 5.91 Å². The molecule has 4 aliphatic heterocycles. The number of nitrogens with zero attached hydrogens (tertiary/aromatic N) is 3. The van der Waals surface area contributed by atoms with Crippen molar-refractivity contribution in [2.24, 2.45) is 5.92 Å². The number of benzene rings is 1. The average molecular weight is 372 g/mol. The quantitative estimate of drug-likeness (QED) is 0.882. The molecule has 0 saturated carbocycles. The van der Waals surface area contributed by atoms with Crippen LogP contribution in [0.5, 0.6) is 0 Å². The van der Waals surface area contributed by atoms with Gasteiger partial charge >= 0.3 is 0 Å². The number of hydrogen-bond acceptors (Lipinski definition) is 3. The molecule has 0 aliphatic carbocycles. The van der Waals surface area contributed by atoms with Crippen molar-refractivity contribution in [2.75, 3.05) is 19.6 Å². The van der Waals surface area contributed by atoms with Crippen LogP contribution in [-0.4, -0.2) is 57.4 Å². The van der Waals surface area contributed by atoms with Crippen LogP contribution >= 0.6 is 0 Å². The molecule has 0 spiro atoms. The van der Waals surface area contributed by atoms with Crippen molar-refractivity contribution in [1.82, 2.24) is 19.8 Å². The van der Waals surface area contributed by atoms with Gasteiger partial charge in [0.15, 0.2) is 5.82 Å². The Morgan fingerprint density at radius 2 is 1.85 bits per heavy atom. The number of imidazole rings is 1. The first-order valence-corrected chi connectivity index (χ1v) is 9.54. The predicted octanol–water partition coefficient (Wildman–Crippen LogP) is 2.70. The number of halogens is 2. The number of carbonyl (C=O) groups excluding carboxylic acids is 1. The minimum Gasteiger partial charge on any atom is -0.338 e. The van der Waals surface area contributed by atoms with Gasteiger partial charge in [0.1, 0.15) is 11.6 Å². The zero-order valence-corrected chi connectivity index (χ0v) is 15.2. The number of piperidine rings is 3. The maximum atomic E-state index is 13.9. The Labute approximate surface area is 156 Å². The largest absolute Gasteiger partial charge is 0.338 e. The van der Waals surface area contributed by atoms with Crippen molar-refractivity contribution in [3.63, 3.8) is 0 Å². The van der Waals surface area contributed by atoms with E-state index in [2.05, 4.69) is 14.9 Å². The van der Waals surface area contributed by atoms with Crippen LogP contribution in [0, 0.1) is 24.5 Å². The highest BCUT2D eigenvalue weighted by Gasteiger charge is 2.55. The van der Waals surface area contributed by atoms with Gasteiger partial charge < -0.3 is 9.88 Å². The predicted molar refractivity (Wildman–Crippen MR) is 95.3 cm³/mol. The van der Waals surface area contributed by atoms with Crippen LogP contribution in [0.1, 0.15) is 40.6 Å². The summed E-state index contributed by atoms with van der Waals surface area (Å²) in [5.74, 6) is -0.570. The molecule has 1 aromatic carbocycles. The number of carbonyl (C=O) groups is 1. The first-order valence-electron chi connectivity index (χ1n) is 9.54. The molecule has 3 atom stereocenters. The lowest BCUT2D eigenvalue weighted by Crippen LogP contribution is -2.60. The summed E-state index contributed by atoms with van der Waals surface area (Å²) in [5, 5.41) is 0. The highest BCUT2D eigenvalue weighted by atomic mass is 19.1. The second-order valence-electron chi connectivity index (χ2n) is 8.04. The molecule has 7 heteroatoms. The minimum absolute atomic E-state index is 0.0711. The SMILES string of the molecule is Cc1cnc(C(=O)N2CC(c3cc(F)cc(F)c3)C3C2C2CCN3CC2)[nH]1. The number of nitrogens with one attached hydrogen (secondary N) is 1. The highest BCUT2D eigenvalue weighted by Crippen LogP contribution is 2.47. The van der Waals surface area contributed by atoms with Gasteiger partial charge in [-0.25, -0.2) is 13.8 Å². The molecule has 142 valence electrons. The molecule has 4 fully saturated rings. The second kappa shape index (κ2) is 6.12. The average Bonchev–Trinajstić information content (AvgIpc) is 3.26. The number of aromatic nitrogens is 2. The molecule has 2 bridgehead atoms. The van der Waals surface area contributed by atoms with E-state index in [0.29, 0.717) is 23.9 Å². The van der Waals surface area contributed by atoms with Gasteiger partial charge in [0.05, 0.1) is 6.04 Å². The normalized spacial score (nSPS) is 32.0. The topological polar surface area (TPSA) is 52.2 Å². The van der Waals surface area contributed by atoms with Crippen LogP contribution in [-0.2, 0) is 0 Å². The first-order chi connectivity index (χ1) is 13.0. The van der Waals surface area contributed by atoms with Gasteiger partial charge in [-0.15, -0.1) is 0 Å². The Hall–Kier alpha value is -2.28. The third kappa shape index (κ3) is 2.67. The van der Waals surface area contributed by atoms with E-state index in [-0.39, 0.29) is 23.9 Å². The summed E-state index contributed by atoms with van der Waals surface area (Å²) in [6.45, 7) is 4.30. The van der Waals surface area contributed by atoms with E-state index in [4.69, 9.17) is 0 Å². The molecule has 5 heterocycles. The fourth-order valence-corrected chi connectivity index (χ4v) is 5.39. The highest BCUT2D eigenvalue weighted by molar-refractivity contribution is 5.91. The summed E-state index contributed by atoms with van der Waals surface area (Å²) in [6, 6.07) is 3.91. The van der Waals surface area contributed by atoms with Crippen molar-refractivity contribution in [3.8, 4) is 0 Å². The van der Waals surface area contributed by atoms with E-state index in [1.807, 2.05) is 11.8 Å². The molecule has 4 aliphatic rings. The Morgan fingerprint density at radius 3 is 2.48 bits per heavy atom. The number of amides is 1. The molecule has 1 N–H and O–H groups in total. The maximum absolute atomic E-state index is 13.9. The van der Waals surface area contributed by atoms with Crippen molar-refractivity contribution < 1.29 is 13.6 Å². The van der Waals surface area contributed by atoms with E-state index in [9.17, 15) is 13.6 Å². The van der Waals surface area contributed by atoms with E-state index >= 15 is 0 Å². The van der Waals surface area contributed by atoms with Gasteiger partial charge in [-0.2, -0.15) is 0 Å². The van der Waals surface area contributed by atoms with E-state index in [0.717, 1.165) is 37.7 Å². The Bertz CT molecular complexity index is 870. The minimum atomic E-state index is -0.566. The fraction of sp³-hybridized carbons (Fsp3) is 0.500. The molecule has 2 aromatic rings. The summed E-state index contributed by atoms with van der Waals surface area (Å²) >= 11 is 0. The zero-order valence-electron chi connectivity index (χ0n) is 15.2. The number of aryl methyl sites for hydroxylation is 1. The smallest absolute Gasteiger partial charge is 0.289 e. The lowest BCUT2D eigenvalue weighted by atomic mass is 9.75. The van der Waals surface area contributed by atoms with E-state index in [1.54, 1.807) is 6.20 Å².